The van der Waals surface area contributed by atoms with Gasteiger partial charge < -0.3 is 10.1 Å². The van der Waals surface area contributed by atoms with Gasteiger partial charge in [-0.2, -0.15) is 0 Å². The molecule has 0 heterocycles. The van der Waals surface area contributed by atoms with E-state index < -0.39 is 0 Å². The molecule has 1 aliphatic carbocycles. The highest BCUT2D eigenvalue weighted by atomic mass is 79.9. The van der Waals surface area contributed by atoms with Gasteiger partial charge in [-0.25, -0.2) is 0 Å². The summed E-state index contributed by atoms with van der Waals surface area (Å²) < 4.78 is 7.50. The minimum Gasteiger partial charge on any atom is -0.369 e. The van der Waals surface area contributed by atoms with Gasteiger partial charge in [-0.15, -0.1) is 0 Å². The van der Waals surface area contributed by atoms with E-state index in [2.05, 4.69) is 59.4 Å². The normalized spacial score (nSPS) is 26.6. The summed E-state index contributed by atoms with van der Waals surface area (Å²) in [7, 11) is 0. The van der Waals surface area contributed by atoms with Crippen molar-refractivity contribution in [3.63, 3.8) is 0 Å². The van der Waals surface area contributed by atoms with Crippen molar-refractivity contribution < 1.29 is 4.74 Å². The molecule has 1 aliphatic rings. The second-order valence-electron chi connectivity index (χ2n) is 6.06. The highest BCUT2D eigenvalue weighted by molar-refractivity contribution is 9.10. The average molecular weight is 340 g/mol. The van der Waals surface area contributed by atoms with Crippen molar-refractivity contribution >= 4 is 15.9 Å². The van der Waals surface area contributed by atoms with Crippen molar-refractivity contribution in [3.05, 3.63) is 34.3 Å². The molecule has 1 saturated carbocycles. The maximum atomic E-state index is 6.38. The molecular formula is C17H26BrNO. The predicted octanol–water partition coefficient (Wildman–Crippen LogP) is 4.52. The molecule has 3 heteroatoms. The summed E-state index contributed by atoms with van der Waals surface area (Å²) >= 11 is 3.52. The van der Waals surface area contributed by atoms with Crippen LogP contribution >= 0.6 is 15.9 Å². The Morgan fingerprint density at radius 3 is 2.75 bits per heavy atom. The van der Waals surface area contributed by atoms with E-state index in [4.69, 9.17) is 4.74 Å². The van der Waals surface area contributed by atoms with Gasteiger partial charge in [-0.1, -0.05) is 41.9 Å². The highest BCUT2D eigenvalue weighted by Crippen LogP contribution is 2.35. The maximum absolute atomic E-state index is 6.38. The van der Waals surface area contributed by atoms with Crippen LogP contribution in [-0.4, -0.2) is 18.7 Å². The molecule has 0 spiro atoms. The maximum Gasteiger partial charge on any atom is 0.0811 e. The van der Waals surface area contributed by atoms with Gasteiger partial charge in [0.05, 0.1) is 12.2 Å². The Morgan fingerprint density at radius 1 is 1.35 bits per heavy atom. The summed E-state index contributed by atoms with van der Waals surface area (Å²) in [5.41, 5.74) is 1.28. The fourth-order valence-electron chi connectivity index (χ4n) is 2.88. The molecule has 2 nitrogen and oxygen atoms in total. The standard InChI is InChI=1S/C17H26BrNO/c1-3-19-13-17(9-7-14(2)8-10-17)20-12-15-5-4-6-16(18)11-15/h4-6,11,14,19H,3,7-10,12-13H2,1-2H3. The average Bonchev–Trinajstić information content (AvgIpc) is 2.46. The first-order valence-corrected chi connectivity index (χ1v) is 8.52. The summed E-state index contributed by atoms with van der Waals surface area (Å²) in [6.45, 7) is 7.21. The number of halogens is 1. The monoisotopic (exact) mass is 339 g/mol. The van der Waals surface area contributed by atoms with Crippen LogP contribution in [-0.2, 0) is 11.3 Å². The Labute approximate surface area is 131 Å². The Kier molecular flexibility index (Phi) is 6.06. The molecule has 1 aromatic rings. The van der Waals surface area contributed by atoms with Gasteiger partial charge in [0, 0.05) is 11.0 Å². The molecule has 20 heavy (non-hydrogen) atoms. The molecule has 0 unspecified atom stereocenters. The lowest BCUT2D eigenvalue weighted by Crippen LogP contribution is -2.45. The largest absolute Gasteiger partial charge is 0.369 e. The van der Waals surface area contributed by atoms with Crippen molar-refractivity contribution in [2.75, 3.05) is 13.1 Å². The topological polar surface area (TPSA) is 21.3 Å². The van der Waals surface area contributed by atoms with E-state index in [1.807, 2.05) is 0 Å². The van der Waals surface area contributed by atoms with Crippen LogP contribution in [0.3, 0.4) is 0 Å². The van der Waals surface area contributed by atoms with Crippen LogP contribution in [0, 0.1) is 5.92 Å². The minimum atomic E-state index is 0.0326. The number of rotatable bonds is 6. The number of nitrogens with one attached hydrogen (secondary N) is 1. The van der Waals surface area contributed by atoms with Gasteiger partial charge in [-0.3, -0.25) is 0 Å². The lowest BCUT2D eigenvalue weighted by Gasteiger charge is -2.39. The van der Waals surface area contributed by atoms with Crippen LogP contribution in [0.5, 0.6) is 0 Å². The van der Waals surface area contributed by atoms with Gasteiger partial charge in [0.25, 0.3) is 0 Å². The fourth-order valence-corrected chi connectivity index (χ4v) is 3.32. The number of hydrogen-bond donors (Lipinski definition) is 1. The van der Waals surface area contributed by atoms with Crippen molar-refractivity contribution in [1.82, 2.24) is 5.32 Å². The van der Waals surface area contributed by atoms with Crippen molar-refractivity contribution in [2.45, 2.75) is 51.7 Å². The minimum absolute atomic E-state index is 0.0326. The third kappa shape index (κ3) is 4.57. The molecular weight excluding hydrogens is 314 g/mol. The Balaban J connectivity index is 1.97. The van der Waals surface area contributed by atoms with Crippen LogP contribution in [0.25, 0.3) is 0 Å². The zero-order valence-electron chi connectivity index (χ0n) is 12.6. The van der Waals surface area contributed by atoms with Crippen LogP contribution in [0.2, 0.25) is 0 Å². The van der Waals surface area contributed by atoms with E-state index in [9.17, 15) is 0 Å². The lowest BCUT2D eigenvalue weighted by atomic mass is 9.79. The van der Waals surface area contributed by atoms with E-state index in [0.29, 0.717) is 6.61 Å². The number of likely N-dealkylation sites (N-methyl/N-ethyl adjacent to an activating group) is 1. The molecule has 0 radical (unpaired) electrons. The summed E-state index contributed by atoms with van der Waals surface area (Å²) in [6, 6.07) is 8.41. The van der Waals surface area contributed by atoms with Crippen LogP contribution < -0.4 is 5.32 Å². The van der Waals surface area contributed by atoms with E-state index in [1.165, 1.54) is 31.2 Å². The van der Waals surface area contributed by atoms with Crippen molar-refractivity contribution in [2.24, 2.45) is 5.92 Å². The van der Waals surface area contributed by atoms with Gasteiger partial charge in [-0.05, 0) is 55.8 Å². The lowest BCUT2D eigenvalue weighted by molar-refractivity contribution is -0.0847. The SMILES string of the molecule is CCNCC1(OCc2cccc(Br)c2)CCC(C)CC1. The molecule has 0 amide bonds. The molecule has 0 aromatic heterocycles. The third-order valence-corrected chi connectivity index (χ3v) is 4.81. The van der Waals surface area contributed by atoms with E-state index in [0.717, 1.165) is 23.5 Å². The number of benzene rings is 1. The Hall–Kier alpha value is -0.380. The summed E-state index contributed by atoms with van der Waals surface area (Å²) in [5.74, 6) is 0.847. The van der Waals surface area contributed by atoms with Crippen LogP contribution in [0.4, 0.5) is 0 Å². The summed E-state index contributed by atoms with van der Waals surface area (Å²) in [6.07, 6.45) is 4.91. The second-order valence-corrected chi connectivity index (χ2v) is 6.98. The zero-order valence-corrected chi connectivity index (χ0v) is 14.2. The molecule has 2 rings (SSSR count). The molecule has 1 N–H and O–H groups in total. The molecule has 0 aliphatic heterocycles. The van der Waals surface area contributed by atoms with Crippen molar-refractivity contribution in [3.8, 4) is 0 Å². The van der Waals surface area contributed by atoms with E-state index >= 15 is 0 Å². The fraction of sp³-hybridized carbons (Fsp3) is 0.647. The molecule has 0 saturated heterocycles. The van der Waals surface area contributed by atoms with Crippen LogP contribution in [0.1, 0.15) is 45.1 Å². The molecule has 0 bridgehead atoms. The third-order valence-electron chi connectivity index (χ3n) is 4.32. The van der Waals surface area contributed by atoms with E-state index in [-0.39, 0.29) is 5.60 Å². The van der Waals surface area contributed by atoms with Gasteiger partial charge in [0.15, 0.2) is 0 Å². The van der Waals surface area contributed by atoms with Crippen LogP contribution in [0.15, 0.2) is 28.7 Å². The molecule has 0 atom stereocenters. The summed E-state index contributed by atoms with van der Waals surface area (Å²) in [5, 5.41) is 3.49. The zero-order chi connectivity index (χ0) is 14.4. The number of hydrogen-bond acceptors (Lipinski definition) is 2. The first-order chi connectivity index (χ1) is 9.63. The molecule has 1 aromatic carbocycles. The van der Waals surface area contributed by atoms with Crippen molar-refractivity contribution in [1.29, 1.82) is 0 Å². The predicted molar refractivity (Wildman–Crippen MR) is 87.8 cm³/mol. The van der Waals surface area contributed by atoms with Gasteiger partial charge >= 0.3 is 0 Å². The quantitative estimate of drug-likeness (QED) is 0.822. The highest BCUT2D eigenvalue weighted by Gasteiger charge is 2.34. The van der Waals surface area contributed by atoms with Gasteiger partial charge in [0.1, 0.15) is 0 Å². The number of ether oxygens (including phenoxy) is 1. The van der Waals surface area contributed by atoms with Gasteiger partial charge in [0.2, 0.25) is 0 Å². The van der Waals surface area contributed by atoms with E-state index in [1.54, 1.807) is 0 Å². The Bertz CT molecular complexity index is 408. The smallest absolute Gasteiger partial charge is 0.0811 e. The molecule has 112 valence electrons. The second kappa shape index (κ2) is 7.58. The Morgan fingerprint density at radius 2 is 2.10 bits per heavy atom. The first kappa shape index (κ1) is 16.0. The first-order valence-electron chi connectivity index (χ1n) is 7.73. The molecule has 1 fully saturated rings. The summed E-state index contributed by atoms with van der Waals surface area (Å²) in [4.78, 5) is 0.